The second-order valence-electron chi connectivity index (χ2n) is 7.71. The molecular formula is C25H21N3O4S. The van der Waals surface area contributed by atoms with Crippen LogP contribution in [0.3, 0.4) is 0 Å². The van der Waals surface area contributed by atoms with Gasteiger partial charge in [0, 0.05) is 15.8 Å². The molecule has 166 valence electrons. The summed E-state index contributed by atoms with van der Waals surface area (Å²) < 4.78 is 9.17. The maximum Gasteiger partial charge on any atom is 0.332 e. The minimum Gasteiger partial charge on any atom is -0.467 e. The summed E-state index contributed by atoms with van der Waals surface area (Å²) in [6.45, 7) is 1.84. The molecule has 1 amide bonds. The van der Waals surface area contributed by atoms with Crippen LogP contribution >= 0.6 is 11.3 Å². The molecule has 0 aliphatic heterocycles. The molecule has 0 radical (unpaired) electrons. The number of carbonyl (C=O) groups is 1. The van der Waals surface area contributed by atoms with E-state index < -0.39 is 5.69 Å². The Morgan fingerprint density at radius 2 is 1.79 bits per heavy atom. The van der Waals surface area contributed by atoms with E-state index in [1.807, 2.05) is 48.5 Å². The largest absolute Gasteiger partial charge is 0.467 e. The number of aromatic nitrogens is 2. The minimum absolute atomic E-state index is 0.00501. The third-order valence-corrected chi connectivity index (χ3v) is 6.73. The summed E-state index contributed by atoms with van der Waals surface area (Å²) in [5, 5.41) is 3.63. The fourth-order valence-corrected chi connectivity index (χ4v) is 5.06. The number of rotatable bonds is 6. The van der Waals surface area contributed by atoms with Crippen molar-refractivity contribution in [2.45, 2.75) is 26.4 Å². The van der Waals surface area contributed by atoms with Crippen LogP contribution in [0.5, 0.6) is 0 Å². The van der Waals surface area contributed by atoms with Gasteiger partial charge in [0.15, 0.2) is 0 Å². The van der Waals surface area contributed by atoms with Gasteiger partial charge in [0.05, 0.1) is 18.3 Å². The molecule has 5 rings (SSSR count). The van der Waals surface area contributed by atoms with E-state index in [2.05, 4.69) is 12.2 Å². The summed E-state index contributed by atoms with van der Waals surface area (Å²) in [4.78, 5) is 39.6. The van der Waals surface area contributed by atoms with Crippen LogP contribution in [0.15, 0.2) is 80.9 Å². The molecule has 0 atom stereocenters. The number of thiophene rings is 1. The van der Waals surface area contributed by atoms with Gasteiger partial charge in [0.25, 0.3) is 5.56 Å². The van der Waals surface area contributed by atoms with Gasteiger partial charge in [0.1, 0.15) is 17.0 Å². The molecule has 0 spiro atoms. The average Bonchev–Trinajstić information content (AvgIpc) is 3.48. The molecule has 33 heavy (non-hydrogen) atoms. The van der Waals surface area contributed by atoms with Gasteiger partial charge in [-0.25, -0.2) is 4.79 Å². The van der Waals surface area contributed by atoms with Crippen LogP contribution in [0, 0.1) is 0 Å². The maximum atomic E-state index is 13.5. The zero-order valence-electron chi connectivity index (χ0n) is 17.9. The van der Waals surface area contributed by atoms with Crippen LogP contribution in [0.2, 0.25) is 0 Å². The van der Waals surface area contributed by atoms with Gasteiger partial charge in [-0.05, 0) is 42.3 Å². The molecule has 0 fully saturated rings. The molecule has 0 saturated heterocycles. The van der Waals surface area contributed by atoms with E-state index in [1.54, 1.807) is 12.1 Å². The van der Waals surface area contributed by atoms with Crippen LogP contribution in [0.25, 0.3) is 20.3 Å². The Bertz CT molecular complexity index is 1570. The number of hydrogen-bond acceptors (Lipinski definition) is 5. The SMILES string of the molecule is CCc1ccc(NC(=O)Cn2c(=O)n(Cc3ccco3)c(=O)c3sc4ccccc4c32)cc1. The maximum absolute atomic E-state index is 13.5. The number of amides is 1. The first kappa shape index (κ1) is 21.0. The zero-order valence-corrected chi connectivity index (χ0v) is 18.7. The predicted octanol–water partition coefficient (Wildman–Crippen LogP) is 4.22. The number of carbonyl (C=O) groups excluding carboxylic acids is 1. The summed E-state index contributed by atoms with van der Waals surface area (Å²) in [5.41, 5.74) is 1.36. The van der Waals surface area contributed by atoms with Crippen LogP contribution in [0.1, 0.15) is 18.2 Å². The number of nitrogens with one attached hydrogen (secondary N) is 1. The van der Waals surface area contributed by atoms with Crippen molar-refractivity contribution in [2.24, 2.45) is 0 Å². The highest BCUT2D eigenvalue weighted by Gasteiger charge is 2.20. The highest BCUT2D eigenvalue weighted by atomic mass is 32.1. The third-order valence-electron chi connectivity index (χ3n) is 5.58. The van der Waals surface area contributed by atoms with Crippen molar-refractivity contribution < 1.29 is 9.21 Å². The standard InChI is InChI=1S/C25H21N3O4S/c1-2-16-9-11-17(12-10-16)26-21(29)15-27-22-19-7-3-4-8-20(19)33-23(22)24(30)28(25(27)31)14-18-6-5-13-32-18/h3-13H,2,14-15H2,1H3,(H,26,29). The molecule has 1 N–H and O–H groups in total. The normalized spacial score (nSPS) is 11.3. The number of hydrogen-bond donors (Lipinski definition) is 1. The number of aryl methyl sites for hydroxylation is 1. The third kappa shape index (κ3) is 3.89. The molecule has 5 aromatic rings. The number of nitrogens with zero attached hydrogens (tertiary/aromatic N) is 2. The molecular weight excluding hydrogens is 438 g/mol. The van der Waals surface area contributed by atoms with E-state index in [-0.39, 0.29) is 24.6 Å². The smallest absolute Gasteiger partial charge is 0.332 e. The number of anilines is 1. The lowest BCUT2D eigenvalue weighted by atomic mass is 10.1. The highest BCUT2D eigenvalue weighted by molar-refractivity contribution is 7.25. The molecule has 0 aliphatic carbocycles. The van der Waals surface area contributed by atoms with Gasteiger partial charge < -0.3 is 9.73 Å². The van der Waals surface area contributed by atoms with Crippen molar-refractivity contribution in [1.29, 1.82) is 0 Å². The van der Waals surface area contributed by atoms with Crippen molar-refractivity contribution in [3.63, 3.8) is 0 Å². The summed E-state index contributed by atoms with van der Waals surface area (Å²) in [7, 11) is 0. The summed E-state index contributed by atoms with van der Waals surface area (Å²) >= 11 is 1.32. The van der Waals surface area contributed by atoms with Crippen LogP contribution in [0.4, 0.5) is 5.69 Å². The van der Waals surface area contributed by atoms with E-state index >= 15 is 0 Å². The zero-order chi connectivity index (χ0) is 22.9. The van der Waals surface area contributed by atoms with Gasteiger partial charge in [-0.3, -0.25) is 18.7 Å². The minimum atomic E-state index is -0.552. The number of fused-ring (bicyclic) bond motifs is 3. The van der Waals surface area contributed by atoms with Crippen LogP contribution in [-0.4, -0.2) is 15.0 Å². The van der Waals surface area contributed by atoms with E-state index in [0.717, 1.165) is 21.1 Å². The Hall–Kier alpha value is -3.91. The van der Waals surface area contributed by atoms with Crippen molar-refractivity contribution >= 4 is 43.2 Å². The predicted molar refractivity (Wildman–Crippen MR) is 130 cm³/mol. The number of benzene rings is 2. The molecule has 7 nitrogen and oxygen atoms in total. The fourth-order valence-electron chi connectivity index (χ4n) is 3.91. The molecule has 0 saturated carbocycles. The van der Waals surface area contributed by atoms with Crippen molar-refractivity contribution in [3.05, 3.63) is 99.1 Å². The highest BCUT2D eigenvalue weighted by Crippen LogP contribution is 2.30. The Kier molecular flexibility index (Phi) is 5.43. The summed E-state index contributed by atoms with van der Waals surface area (Å²) in [5.74, 6) is 0.141. The molecule has 0 unspecified atom stereocenters. The first-order valence-electron chi connectivity index (χ1n) is 10.6. The second-order valence-corrected chi connectivity index (χ2v) is 8.77. The Morgan fingerprint density at radius 3 is 2.52 bits per heavy atom. The molecule has 2 aromatic carbocycles. The molecule has 3 heterocycles. The lowest BCUT2D eigenvalue weighted by Gasteiger charge is -2.12. The van der Waals surface area contributed by atoms with Crippen LogP contribution < -0.4 is 16.6 Å². The van der Waals surface area contributed by atoms with Crippen molar-refractivity contribution in [2.75, 3.05) is 5.32 Å². The van der Waals surface area contributed by atoms with Crippen LogP contribution in [-0.2, 0) is 24.3 Å². The van der Waals surface area contributed by atoms with Crippen molar-refractivity contribution in [3.8, 4) is 0 Å². The first-order valence-corrected chi connectivity index (χ1v) is 11.4. The van der Waals surface area contributed by atoms with E-state index in [1.165, 1.54) is 27.7 Å². The van der Waals surface area contributed by atoms with Gasteiger partial charge in [-0.2, -0.15) is 0 Å². The molecule has 0 aliphatic rings. The van der Waals surface area contributed by atoms with E-state index in [0.29, 0.717) is 21.7 Å². The Morgan fingerprint density at radius 1 is 1.00 bits per heavy atom. The Labute approximate surface area is 192 Å². The van der Waals surface area contributed by atoms with E-state index in [9.17, 15) is 14.4 Å². The van der Waals surface area contributed by atoms with Crippen molar-refractivity contribution in [1.82, 2.24) is 9.13 Å². The lowest BCUT2D eigenvalue weighted by Crippen LogP contribution is -2.41. The molecule has 0 bridgehead atoms. The molecule has 3 aromatic heterocycles. The fraction of sp³-hybridized carbons (Fsp3) is 0.160. The van der Waals surface area contributed by atoms with Gasteiger partial charge in [0.2, 0.25) is 5.91 Å². The second kappa shape index (κ2) is 8.55. The van der Waals surface area contributed by atoms with Gasteiger partial charge in [-0.1, -0.05) is 37.3 Å². The number of furan rings is 1. The quantitative estimate of drug-likeness (QED) is 0.412. The summed E-state index contributed by atoms with van der Waals surface area (Å²) in [6, 6.07) is 18.5. The lowest BCUT2D eigenvalue weighted by molar-refractivity contribution is -0.116. The molecule has 8 heteroatoms. The van der Waals surface area contributed by atoms with E-state index in [4.69, 9.17) is 4.42 Å². The Balaban J connectivity index is 1.61. The van der Waals surface area contributed by atoms with Gasteiger partial charge in [-0.15, -0.1) is 11.3 Å². The summed E-state index contributed by atoms with van der Waals surface area (Å²) in [6.07, 6.45) is 2.40. The first-order chi connectivity index (χ1) is 16.0. The average molecular weight is 460 g/mol. The monoisotopic (exact) mass is 459 g/mol. The van der Waals surface area contributed by atoms with Gasteiger partial charge >= 0.3 is 5.69 Å². The topological polar surface area (TPSA) is 86.2 Å².